The Balaban J connectivity index is 2.70. The Morgan fingerprint density at radius 1 is 1.18 bits per heavy atom. The fourth-order valence-corrected chi connectivity index (χ4v) is 1.64. The van der Waals surface area contributed by atoms with Crippen LogP contribution in [0.5, 0.6) is 5.75 Å². The molecule has 17 heavy (non-hydrogen) atoms. The molecule has 0 unspecified atom stereocenters. The average Bonchev–Trinajstić information content (AvgIpc) is 2.33. The van der Waals surface area contributed by atoms with Crippen molar-refractivity contribution < 1.29 is 9.53 Å². The van der Waals surface area contributed by atoms with Gasteiger partial charge in [0.2, 0.25) is 0 Å². The van der Waals surface area contributed by atoms with Crippen LogP contribution in [0.2, 0.25) is 0 Å². The minimum Gasteiger partial charge on any atom is -0.420 e. The van der Waals surface area contributed by atoms with Crippen LogP contribution < -0.4 is 16.2 Å². The van der Waals surface area contributed by atoms with E-state index in [2.05, 4.69) is 6.58 Å². The molecular weight excluding hydrogens is 216 g/mol. The van der Waals surface area contributed by atoms with E-state index in [1.54, 1.807) is 12.1 Å². The fraction of sp³-hybridized carbons (Fsp3) is 0. The second-order valence-electron chi connectivity index (χ2n) is 3.55. The molecule has 4 heteroatoms. The summed E-state index contributed by atoms with van der Waals surface area (Å²) in [6, 6.07) is 8.93. The first-order valence-corrected chi connectivity index (χ1v) is 5.04. The third-order valence-corrected chi connectivity index (χ3v) is 2.43. The molecule has 0 aliphatic heterocycles. The maximum atomic E-state index is 11.3. The molecule has 0 atom stereocenters. The summed E-state index contributed by atoms with van der Waals surface area (Å²) in [5, 5.41) is 1.51. The van der Waals surface area contributed by atoms with Crippen molar-refractivity contribution in [2.24, 2.45) is 0 Å². The van der Waals surface area contributed by atoms with E-state index in [1.165, 1.54) is 0 Å². The third kappa shape index (κ3) is 1.92. The second-order valence-corrected chi connectivity index (χ2v) is 3.55. The van der Waals surface area contributed by atoms with Crippen LogP contribution in [-0.2, 0) is 4.79 Å². The minimum atomic E-state index is -0.563. The highest BCUT2D eigenvalue weighted by Gasteiger charge is 2.11. The van der Waals surface area contributed by atoms with Gasteiger partial charge in [0.05, 0.1) is 5.69 Å². The lowest BCUT2D eigenvalue weighted by molar-refractivity contribution is -0.128. The molecule has 2 rings (SSSR count). The number of carbonyl (C=O) groups is 1. The van der Waals surface area contributed by atoms with E-state index < -0.39 is 5.97 Å². The molecule has 0 aromatic heterocycles. The Bertz CT molecular complexity index is 606. The zero-order valence-electron chi connectivity index (χ0n) is 9.14. The monoisotopic (exact) mass is 228 g/mol. The predicted octanol–water partition coefficient (Wildman–Crippen LogP) is 2.10. The van der Waals surface area contributed by atoms with Crippen LogP contribution in [0, 0.1) is 0 Å². The van der Waals surface area contributed by atoms with Gasteiger partial charge in [-0.1, -0.05) is 24.8 Å². The molecule has 0 amide bonds. The van der Waals surface area contributed by atoms with Crippen molar-refractivity contribution in [3.05, 3.63) is 43.0 Å². The summed E-state index contributed by atoms with van der Waals surface area (Å²) in [5.41, 5.74) is 12.5. The number of hydrogen-bond donors (Lipinski definition) is 2. The number of hydrogen-bond acceptors (Lipinski definition) is 4. The molecule has 0 aliphatic rings. The van der Waals surface area contributed by atoms with Gasteiger partial charge >= 0.3 is 5.97 Å². The van der Waals surface area contributed by atoms with Crippen LogP contribution in [0.3, 0.4) is 0 Å². The van der Waals surface area contributed by atoms with E-state index in [-0.39, 0.29) is 5.75 Å². The molecule has 0 spiro atoms. The van der Waals surface area contributed by atoms with Crippen molar-refractivity contribution in [2.45, 2.75) is 0 Å². The van der Waals surface area contributed by atoms with Gasteiger partial charge in [0.15, 0.2) is 5.75 Å². The Morgan fingerprint density at radius 3 is 2.65 bits per heavy atom. The van der Waals surface area contributed by atoms with E-state index in [4.69, 9.17) is 16.2 Å². The molecule has 0 fully saturated rings. The lowest BCUT2D eigenvalue weighted by Crippen LogP contribution is -2.06. The standard InChI is InChI=1S/C13H12N2O2/c1-2-11(16)17-13-10(15)7-6-8-4-3-5-9(14)12(8)13/h2-7H,1,14-15H2. The number of benzene rings is 2. The fourth-order valence-electron chi connectivity index (χ4n) is 1.64. The summed E-state index contributed by atoms with van der Waals surface area (Å²) in [4.78, 5) is 11.3. The zero-order valence-corrected chi connectivity index (χ0v) is 9.14. The van der Waals surface area contributed by atoms with Crippen molar-refractivity contribution >= 4 is 28.1 Å². The van der Waals surface area contributed by atoms with E-state index in [9.17, 15) is 4.79 Å². The molecule has 0 aliphatic carbocycles. The summed E-state index contributed by atoms with van der Waals surface area (Å²) in [6.45, 7) is 3.34. The van der Waals surface area contributed by atoms with Gasteiger partial charge in [0.1, 0.15) is 0 Å². The largest absolute Gasteiger partial charge is 0.420 e. The van der Waals surface area contributed by atoms with E-state index in [0.29, 0.717) is 16.8 Å². The van der Waals surface area contributed by atoms with E-state index >= 15 is 0 Å². The topological polar surface area (TPSA) is 78.3 Å². The number of fused-ring (bicyclic) bond motifs is 1. The molecule has 0 saturated heterocycles. The second kappa shape index (κ2) is 4.17. The highest BCUT2D eigenvalue weighted by atomic mass is 16.5. The lowest BCUT2D eigenvalue weighted by atomic mass is 10.1. The van der Waals surface area contributed by atoms with Crippen LogP contribution in [0.25, 0.3) is 10.8 Å². The van der Waals surface area contributed by atoms with Gasteiger partial charge in [0, 0.05) is 17.1 Å². The molecular formula is C13H12N2O2. The highest BCUT2D eigenvalue weighted by Crippen LogP contribution is 2.35. The first-order chi connectivity index (χ1) is 8.13. The molecule has 0 saturated carbocycles. The van der Waals surface area contributed by atoms with Crippen molar-refractivity contribution in [3.63, 3.8) is 0 Å². The van der Waals surface area contributed by atoms with E-state index in [1.807, 2.05) is 18.2 Å². The van der Waals surface area contributed by atoms with Gasteiger partial charge in [-0.25, -0.2) is 4.79 Å². The zero-order chi connectivity index (χ0) is 12.4. The smallest absolute Gasteiger partial charge is 0.335 e. The lowest BCUT2D eigenvalue weighted by Gasteiger charge is -2.11. The summed E-state index contributed by atoms with van der Waals surface area (Å²) in [7, 11) is 0. The summed E-state index contributed by atoms with van der Waals surface area (Å²) in [5.74, 6) is -0.280. The Labute approximate surface area is 98.5 Å². The number of anilines is 2. The number of rotatable bonds is 2. The van der Waals surface area contributed by atoms with E-state index in [0.717, 1.165) is 11.5 Å². The molecule has 86 valence electrons. The van der Waals surface area contributed by atoms with Gasteiger partial charge in [-0.05, 0) is 17.5 Å². The van der Waals surface area contributed by atoms with Crippen LogP contribution in [0.15, 0.2) is 43.0 Å². The van der Waals surface area contributed by atoms with Gasteiger partial charge < -0.3 is 16.2 Å². The van der Waals surface area contributed by atoms with Crippen molar-refractivity contribution in [3.8, 4) is 5.75 Å². The molecule has 0 radical (unpaired) electrons. The maximum absolute atomic E-state index is 11.3. The van der Waals surface area contributed by atoms with Crippen LogP contribution in [0.4, 0.5) is 11.4 Å². The average molecular weight is 228 g/mol. The Morgan fingerprint density at radius 2 is 1.94 bits per heavy atom. The number of esters is 1. The normalized spacial score (nSPS) is 10.1. The molecule has 0 bridgehead atoms. The summed E-state index contributed by atoms with van der Waals surface area (Å²) in [6.07, 6.45) is 1.08. The molecule has 4 nitrogen and oxygen atoms in total. The maximum Gasteiger partial charge on any atom is 0.335 e. The Kier molecular flexibility index (Phi) is 2.70. The number of ether oxygens (including phenoxy) is 1. The van der Waals surface area contributed by atoms with Gasteiger partial charge in [-0.2, -0.15) is 0 Å². The number of carbonyl (C=O) groups excluding carboxylic acids is 1. The molecule has 2 aromatic rings. The van der Waals surface area contributed by atoms with Crippen LogP contribution in [-0.4, -0.2) is 5.97 Å². The highest BCUT2D eigenvalue weighted by molar-refractivity contribution is 6.03. The van der Waals surface area contributed by atoms with Gasteiger partial charge in [0.25, 0.3) is 0 Å². The Hall–Kier alpha value is -2.49. The number of nitrogen functional groups attached to an aromatic ring is 2. The first kappa shape index (κ1) is 11.0. The minimum absolute atomic E-state index is 0.283. The summed E-state index contributed by atoms with van der Waals surface area (Å²) >= 11 is 0. The third-order valence-electron chi connectivity index (χ3n) is 2.43. The van der Waals surface area contributed by atoms with Crippen molar-refractivity contribution in [1.29, 1.82) is 0 Å². The summed E-state index contributed by atoms with van der Waals surface area (Å²) < 4.78 is 5.13. The molecule has 2 aromatic carbocycles. The quantitative estimate of drug-likeness (QED) is 0.357. The van der Waals surface area contributed by atoms with Crippen LogP contribution >= 0.6 is 0 Å². The predicted molar refractivity (Wildman–Crippen MR) is 68.6 cm³/mol. The van der Waals surface area contributed by atoms with Gasteiger partial charge in [-0.3, -0.25) is 0 Å². The van der Waals surface area contributed by atoms with Gasteiger partial charge in [-0.15, -0.1) is 0 Å². The molecule has 4 N–H and O–H groups in total. The van der Waals surface area contributed by atoms with Crippen LogP contribution in [0.1, 0.15) is 0 Å². The molecule has 0 heterocycles. The first-order valence-electron chi connectivity index (χ1n) is 5.04. The van der Waals surface area contributed by atoms with Crippen molar-refractivity contribution in [1.82, 2.24) is 0 Å². The number of nitrogens with two attached hydrogens (primary N) is 2. The SMILES string of the molecule is C=CC(=O)Oc1c(N)ccc2cccc(N)c12. The van der Waals surface area contributed by atoms with Crippen molar-refractivity contribution in [2.75, 3.05) is 11.5 Å².